The van der Waals surface area contributed by atoms with Crippen molar-refractivity contribution in [3.8, 4) is 0 Å². The topological polar surface area (TPSA) is 109 Å². The first-order chi connectivity index (χ1) is 14.5. The summed E-state index contributed by atoms with van der Waals surface area (Å²) in [5.74, 6) is 1.13. The Balaban J connectivity index is 1.48. The summed E-state index contributed by atoms with van der Waals surface area (Å²) in [5.41, 5.74) is 1.38. The highest BCUT2D eigenvalue weighted by Gasteiger charge is 2.18. The first kappa shape index (κ1) is 20.1. The Morgan fingerprint density at radius 3 is 2.70 bits per heavy atom. The molecule has 0 unspecified atom stereocenters. The van der Waals surface area contributed by atoms with E-state index in [2.05, 4.69) is 35.5 Å². The van der Waals surface area contributed by atoms with Crippen LogP contribution in [0, 0.1) is 13.8 Å². The number of para-hydroxylation sites is 1. The Bertz CT molecular complexity index is 1040. The number of nitrogens with one attached hydrogen (secondary N) is 2. The molecule has 0 atom stereocenters. The quantitative estimate of drug-likeness (QED) is 0.625. The van der Waals surface area contributed by atoms with Crippen LogP contribution in [0.3, 0.4) is 0 Å². The van der Waals surface area contributed by atoms with E-state index in [1.54, 1.807) is 13.0 Å². The highest BCUT2D eigenvalue weighted by Crippen LogP contribution is 2.26. The lowest BCUT2D eigenvalue weighted by molar-refractivity contribution is 0.0997. The fraction of sp³-hybridized carbons (Fsp3) is 0.350. The Hall–Kier alpha value is -3.20. The number of halogens is 1. The summed E-state index contributed by atoms with van der Waals surface area (Å²) in [6.45, 7) is 5.51. The molecule has 0 saturated carbocycles. The molecule has 0 radical (unpaired) electrons. The van der Waals surface area contributed by atoms with Gasteiger partial charge in [-0.3, -0.25) is 10.1 Å². The summed E-state index contributed by atoms with van der Waals surface area (Å²) in [7, 11) is 0. The van der Waals surface area contributed by atoms with Crippen LogP contribution in [0.4, 0.5) is 23.6 Å². The zero-order chi connectivity index (χ0) is 21.1. The third-order valence-corrected chi connectivity index (χ3v) is 5.10. The average Bonchev–Trinajstić information content (AvgIpc) is 3.19. The molecule has 1 saturated heterocycles. The van der Waals surface area contributed by atoms with Crippen molar-refractivity contribution >= 4 is 41.1 Å². The zero-order valence-corrected chi connectivity index (χ0v) is 17.5. The number of aryl methyl sites for hydroxylation is 2. The van der Waals surface area contributed by atoms with Crippen molar-refractivity contribution < 1.29 is 9.21 Å². The van der Waals surface area contributed by atoms with Crippen molar-refractivity contribution in [2.24, 2.45) is 0 Å². The first-order valence-electron chi connectivity index (χ1n) is 9.76. The maximum Gasteiger partial charge on any atom is 0.302 e. The molecular weight excluding hydrogens is 406 g/mol. The lowest BCUT2D eigenvalue weighted by Crippen LogP contribution is -2.31. The number of hydrogen-bond donors (Lipinski definition) is 2. The number of oxazole rings is 1. The molecule has 1 aliphatic heterocycles. The van der Waals surface area contributed by atoms with Gasteiger partial charge < -0.3 is 14.6 Å². The van der Waals surface area contributed by atoms with Crippen molar-refractivity contribution in [2.45, 2.75) is 33.1 Å². The predicted octanol–water partition coefficient (Wildman–Crippen LogP) is 4.12. The largest absolute Gasteiger partial charge is 0.418 e. The van der Waals surface area contributed by atoms with Crippen molar-refractivity contribution in [1.82, 2.24) is 19.9 Å². The minimum absolute atomic E-state index is 0.0406. The molecule has 0 spiro atoms. The predicted molar refractivity (Wildman–Crippen MR) is 115 cm³/mol. The van der Waals surface area contributed by atoms with Crippen LogP contribution >= 0.6 is 11.6 Å². The van der Waals surface area contributed by atoms with Gasteiger partial charge in [-0.1, -0.05) is 23.7 Å². The SMILES string of the molecule is Cc1nc(Nc2ncc(C(=O)Nc3c(C)cccc3Cl)o2)nc(N2CCCCC2)n1. The highest BCUT2D eigenvalue weighted by molar-refractivity contribution is 6.34. The van der Waals surface area contributed by atoms with E-state index >= 15 is 0 Å². The van der Waals surface area contributed by atoms with E-state index in [1.165, 1.54) is 12.6 Å². The van der Waals surface area contributed by atoms with E-state index in [0.717, 1.165) is 31.5 Å². The molecule has 0 aliphatic carbocycles. The number of piperidine rings is 1. The Kier molecular flexibility index (Phi) is 5.80. The summed E-state index contributed by atoms with van der Waals surface area (Å²) in [6, 6.07) is 5.50. The van der Waals surface area contributed by atoms with Gasteiger partial charge in [0.25, 0.3) is 5.91 Å². The number of anilines is 4. The van der Waals surface area contributed by atoms with Crippen LogP contribution in [0.15, 0.2) is 28.8 Å². The normalized spacial score (nSPS) is 13.9. The Morgan fingerprint density at radius 1 is 1.13 bits per heavy atom. The summed E-state index contributed by atoms with van der Waals surface area (Å²) < 4.78 is 5.54. The van der Waals surface area contributed by atoms with Crippen LogP contribution in [0.25, 0.3) is 0 Å². The van der Waals surface area contributed by atoms with Gasteiger partial charge in [-0.2, -0.15) is 15.0 Å². The van der Waals surface area contributed by atoms with E-state index in [9.17, 15) is 4.79 Å². The minimum atomic E-state index is -0.451. The monoisotopic (exact) mass is 427 g/mol. The van der Waals surface area contributed by atoms with Crippen molar-refractivity contribution in [3.05, 3.63) is 46.6 Å². The summed E-state index contributed by atoms with van der Waals surface area (Å²) >= 11 is 6.17. The van der Waals surface area contributed by atoms with Gasteiger partial charge in [-0.25, -0.2) is 4.98 Å². The second-order valence-corrected chi connectivity index (χ2v) is 7.50. The van der Waals surface area contributed by atoms with Gasteiger partial charge in [-0.05, 0) is 44.7 Å². The molecule has 1 amide bonds. The van der Waals surface area contributed by atoms with Gasteiger partial charge in [0.05, 0.1) is 16.9 Å². The van der Waals surface area contributed by atoms with E-state index in [0.29, 0.717) is 28.4 Å². The smallest absolute Gasteiger partial charge is 0.302 e. The molecule has 10 heteroatoms. The fourth-order valence-electron chi connectivity index (χ4n) is 3.26. The molecule has 2 N–H and O–H groups in total. The third kappa shape index (κ3) is 4.51. The molecular formula is C20H22ClN7O2. The number of carbonyl (C=O) groups is 1. The molecule has 30 heavy (non-hydrogen) atoms. The zero-order valence-electron chi connectivity index (χ0n) is 16.8. The summed E-state index contributed by atoms with van der Waals surface area (Å²) in [5, 5.41) is 6.12. The Labute approximate surface area is 178 Å². The van der Waals surface area contributed by atoms with Crippen LogP contribution in [-0.4, -0.2) is 38.9 Å². The lowest BCUT2D eigenvalue weighted by Gasteiger charge is -2.26. The summed E-state index contributed by atoms with van der Waals surface area (Å²) in [6.07, 6.45) is 4.80. The van der Waals surface area contributed by atoms with Gasteiger partial charge in [0, 0.05) is 13.1 Å². The number of carbonyl (C=O) groups excluding carboxylic acids is 1. The molecule has 3 aromatic rings. The molecule has 3 heterocycles. The first-order valence-corrected chi connectivity index (χ1v) is 10.1. The molecule has 1 aliphatic rings. The molecule has 9 nitrogen and oxygen atoms in total. The van der Waals surface area contributed by atoms with Crippen molar-refractivity contribution in [1.29, 1.82) is 0 Å². The van der Waals surface area contributed by atoms with Crippen molar-refractivity contribution in [2.75, 3.05) is 28.6 Å². The van der Waals surface area contributed by atoms with Gasteiger partial charge in [0.2, 0.25) is 17.7 Å². The summed E-state index contributed by atoms with van der Waals surface area (Å²) in [4.78, 5) is 32.0. The van der Waals surface area contributed by atoms with E-state index in [-0.39, 0.29) is 11.8 Å². The highest BCUT2D eigenvalue weighted by atomic mass is 35.5. The maximum absolute atomic E-state index is 12.5. The van der Waals surface area contributed by atoms with Gasteiger partial charge in [0.1, 0.15) is 5.82 Å². The fourth-order valence-corrected chi connectivity index (χ4v) is 3.53. The number of nitrogens with zero attached hydrogens (tertiary/aromatic N) is 5. The van der Waals surface area contributed by atoms with Gasteiger partial charge >= 0.3 is 6.01 Å². The number of hydrogen-bond acceptors (Lipinski definition) is 8. The van der Waals surface area contributed by atoms with Crippen LogP contribution in [0.5, 0.6) is 0 Å². The number of aromatic nitrogens is 4. The Morgan fingerprint density at radius 2 is 1.93 bits per heavy atom. The second kappa shape index (κ2) is 8.66. The number of amides is 1. The number of rotatable bonds is 5. The molecule has 2 aromatic heterocycles. The molecule has 156 valence electrons. The van der Waals surface area contributed by atoms with Crippen LogP contribution in [-0.2, 0) is 0 Å². The van der Waals surface area contributed by atoms with Crippen LogP contribution in [0.1, 0.15) is 41.2 Å². The minimum Gasteiger partial charge on any atom is -0.418 e. The third-order valence-electron chi connectivity index (χ3n) is 4.78. The second-order valence-electron chi connectivity index (χ2n) is 7.09. The van der Waals surface area contributed by atoms with Crippen LogP contribution < -0.4 is 15.5 Å². The molecule has 4 rings (SSSR count). The van der Waals surface area contributed by atoms with Crippen LogP contribution in [0.2, 0.25) is 5.02 Å². The maximum atomic E-state index is 12.5. The molecule has 1 aromatic carbocycles. The van der Waals surface area contributed by atoms with Crippen molar-refractivity contribution in [3.63, 3.8) is 0 Å². The van der Waals surface area contributed by atoms with E-state index in [4.69, 9.17) is 16.0 Å². The van der Waals surface area contributed by atoms with Gasteiger partial charge in [0.15, 0.2) is 0 Å². The molecule has 1 fully saturated rings. The molecule has 0 bridgehead atoms. The standard InChI is InChI=1S/C20H22ClN7O2/c1-12-7-6-8-14(21)16(12)25-17(29)15-11-22-20(30-15)27-18-23-13(2)24-19(26-18)28-9-4-3-5-10-28/h6-8,11H,3-5,9-10H2,1-2H3,(H,25,29)(H,22,23,24,26,27). The number of benzene rings is 1. The lowest BCUT2D eigenvalue weighted by atomic mass is 10.1. The van der Waals surface area contributed by atoms with E-state index in [1.807, 2.05) is 19.1 Å². The van der Waals surface area contributed by atoms with Gasteiger partial charge in [-0.15, -0.1) is 0 Å². The average molecular weight is 428 g/mol. The van der Waals surface area contributed by atoms with E-state index < -0.39 is 5.91 Å².